The Kier molecular flexibility index (Phi) is 6.87. The molecule has 1 aliphatic rings. The van der Waals surface area contributed by atoms with Gasteiger partial charge in [0, 0.05) is 17.6 Å². The van der Waals surface area contributed by atoms with Gasteiger partial charge in [0.1, 0.15) is 11.6 Å². The molecule has 0 aromatic heterocycles. The second-order valence-electron chi connectivity index (χ2n) is 6.89. The van der Waals surface area contributed by atoms with Crippen molar-refractivity contribution in [3.05, 3.63) is 58.7 Å². The van der Waals surface area contributed by atoms with Gasteiger partial charge in [0.2, 0.25) is 0 Å². The van der Waals surface area contributed by atoms with E-state index in [0.29, 0.717) is 23.0 Å². The Labute approximate surface area is 165 Å². The van der Waals surface area contributed by atoms with E-state index in [1.807, 2.05) is 0 Å². The molecule has 0 aliphatic heterocycles. The van der Waals surface area contributed by atoms with Crippen LogP contribution in [0.3, 0.4) is 0 Å². The lowest BCUT2D eigenvalue weighted by molar-refractivity contribution is -0.137. The molecule has 1 fully saturated rings. The van der Waals surface area contributed by atoms with E-state index < -0.39 is 47.8 Å². The van der Waals surface area contributed by atoms with Crippen LogP contribution in [0.15, 0.2) is 42.0 Å². The average Bonchev–Trinajstić information content (AvgIpc) is 3.43. The van der Waals surface area contributed by atoms with Crippen molar-refractivity contribution in [3.63, 3.8) is 0 Å². The normalized spacial score (nSPS) is 15.8. The predicted molar refractivity (Wildman–Crippen MR) is 98.8 cm³/mol. The third kappa shape index (κ3) is 5.92. The molecule has 158 valence electrons. The second-order valence-corrected chi connectivity index (χ2v) is 6.89. The third-order valence-corrected chi connectivity index (χ3v) is 4.43. The minimum absolute atomic E-state index is 0.00508. The molecule has 0 heterocycles. The molecule has 8 heteroatoms. The van der Waals surface area contributed by atoms with Crippen LogP contribution in [0.25, 0.3) is 5.57 Å². The van der Waals surface area contributed by atoms with E-state index in [9.17, 15) is 26.7 Å². The van der Waals surface area contributed by atoms with E-state index in [-0.39, 0.29) is 11.7 Å². The number of carboxylic acids is 1. The SMILES string of the molecule is C=C(/C=C(\C(F)=C(/F)CCC(=O)O)c1c(C)ccc(OC2CC2)c1C)C(F)(F)F. The van der Waals surface area contributed by atoms with E-state index in [1.54, 1.807) is 26.0 Å². The summed E-state index contributed by atoms with van der Waals surface area (Å²) in [4.78, 5) is 10.6. The fraction of sp³-hybridized carbons (Fsp3) is 0.381. The van der Waals surface area contributed by atoms with Gasteiger partial charge >= 0.3 is 12.1 Å². The molecule has 1 aromatic carbocycles. The number of aryl methyl sites for hydroxylation is 1. The van der Waals surface area contributed by atoms with Crippen molar-refractivity contribution in [1.29, 1.82) is 0 Å². The van der Waals surface area contributed by atoms with Crippen molar-refractivity contribution in [2.24, 2.45) is 0 Å². The van der Waals surface area contributed by atoms with Crippen LogP contribution in [0.2, 0.25) is 0 Å². The van der Waals surface area contributed by atoms with E-state index in [0.717, 1.165) is 12.8 Å². The Morgan fingerprint density at radius 3 is 2.38 bits per heavy atom. The summed E-state index contributed by atoms with van der Waals surface area (Å²) in [5, 5.41) is 8.66. The van der Waals surface area contributed by atoms with E-state index in [2.05, 4.69) is 6.58 Å². The van der Waals surface area contributed by atoms with Gasteiger partial charge in [-0.15, -0.1) is 0 Å². The van der Waals surface area contributed by atoms with Gasteiger partial charge < -0.3 is 9.84 Å². The molecule has 0 radical (unpaired) electrons. The minimum Gasteiger partial charge on any atom is -0.490 e. The summed E-state index contributed by atoms with van der Waals surface area (Å²) in [5.74, 6) is -3.98. The molecular weight excluding hydrogens is 395 g/mol. The highest BCUT2D eigenvalue weighted by Crippen LogP contribution is 2.40. The van der Waals surface area contributed by atoms with Crippen LogP contribution in [0, 0.1) is 13.8 Å². The van der Waals surface area contributed by atoms with Gasteiger partial charge in [-0.2, -0.15) is 13.2 Å². The maximum atomic E-state index is 14.9. The lowest BCUT2D eigenvalue weighted by atomic mass is 9.92. The summed E-state index contributed by atoms with van der Waals surface area (Å²) in [7, 11) is 0. The van der Waals surface area contributed by atoms with Crippen molar-refractivity contribution in [2.75, 3.05) is 0 Å². The monoisotopic (exact) mass is 416 g/mol. The summed E-state index contributed by atoms with van der Waals surface area (Å²) in [6.07, 6.45) is -4.21. The first-order chi connectivity index (χ1) is 13.4. The van der Waals surface area contributed by atoms with Gasteiger partial charge in [-0.3, -0.25) is 4.79 Å². The van der Waals surface area contributed by atoms with Crippen LogP contribution in [0.4, 0.5) is 22.0 Å². The van der Waals surface area contributed by atoms with Gasteiger partial charge in [-0.05, 0) is 55.5 Å². The Balaban J connectivity index is 2.61. The average molecular weight is 416 g/mol. The molecule has 0 bridgehead atoms. The van der Waals surface area contributed by atoms with Gasteiger partial charge in [-0.25, -0.2) is 8.78 Å². The fourth-order valence-corrected chi connectivity index (χ4v) is 2.71. The second kappa shape index (κ2) is 8.80. The van der Waals surface area contributed by atoms with Gasteiger partial charge in [0.15, 0.2) is 5.83 Å². The molecule has 0 amide bonds. The van der Waals surface area contributed by atoms with E-state index in [1.165, 1.54) is 0 Å². The number of ether oxygens (including phenoxy) is 1. The molecule has 1 aliphatic carbocycles. The Bertz CT molecular complexity index is 877. The Hall–Kier alpha value is -2.64. The number of aliphatic carboxylic acids is 1. The van der Waals surface area contributed by atoms with Crippen LogP contribution < -0.4 is 4.74 Å². The fourth-order valence-electron chi connectivity index (χ4n) is 2.71. The number of halogens is 5. The maximum absolute atomic E-state index is 14.9. The van der Waals surface area contributed by atoms with Gasteiger partial charge in [0.05, 0.1) is 12.5 Å². The third-order valence-electron chi connectivity index (χ3n) is 4.43. The molecule has 29 heavy (non-hydrogen) atoms. The zero-order valence-electron chi connectivity index (χ0n) is 16.0. The highest BCUT2D eigenvalue weighted by Gasteiger charge is 2.32. The number of hydrogen-bond acceptors (Lipinski definition) is 2. The molecule has 2 rings (SSSR count). The standard InChI is InChI=1S/C21H21F5O3/c1-11-4-8-17(29-14-5-6-14)13(3)19(11)15(10-12(2)21(24,25)26)20(23)16(22)7-9-18(27)28/h4,8,10,14H,2,5-7,9H2,1,3H3,(H,27,28)/b15-10-,20-16+. The Morgan fingerprint density at radius 2 is 1.86 bits per heavy atom. The molecule has 0 spiro atoms. The van der Waals surface area contributed by atoms with E-state index in [4.69, 9.17) is 9.84 Å². The van der Waals surface area contributed by atoms with Crippen LogP contribution in [0.1, 0.15) is 42.4 Å². The first-order valence-electron chi connectivity index (χ1n) is 8.93. The van der Waals surface area contributed by atoms with Gasteiger partial charge in [0.25, 0.3) is 0 Å². The minimum atomic E-state index is -4.84. The zero-order chi connectivity index (χ0) is 21.9. The summed E-state index contributed by atoms with van der Waals surface area (Å²) >= 11 is 0. The predicted octanol–water partition coefficient (Wildman–Crippen LogP) is 6.36. The maximum Gasteiger partial charge on any atom is 0.415 e. The number of alkyl halides is 3. The molecule has 0 saturated heterocycles. The van der Waals surface area contributed by atoms with Crippen LogP contribution in [-0.4, -0.2) is 23.4 Å². The molecule has 1 aromatic rings. The lowest BCUT2D eigenvalue weighted by Crippen LogP contribution is -2.10. The summed E-state index contributed by atoms with van der Waals surface area (Å²) in [6, 6.07) is 3.18. The number of carbonyl (C=O) groups is 1. The zero-order valence-corrected chi connectivity index (χ0v) is 16.0. The topological polar surface area (TPSA) is 46.5 Å². The number of rotatable bonds is 8. The smallest absolute Gasteiger partial charge is 0.415 e. The molecule has 3 nitrogen and oxygen atoms in total. The first kappa shape index (κ1) is 22.6. The van der Waals surface area contributed by atoms with Crippen molar-refractivity contribution in [1.82, 2.24) is 0 Å². The molecular formula is C21H21F5O3. The quantitative estimate of drug-likeness (QED) is 0.396. The highest BCUT2D eigenvalue weighted by atomic mass is 19.4. The van der Waals surface area contributed by atoms with Crippen LogP contribution in [0.5, 0.6) is 5.75 Å². The van der Waals surface area contributed by atoms with Gasteiger partial charge in [-0.1, -0.05) is 12.6 Å². The number of carboxylic acid groups (broad SMARTS) is 1. The highest BCUT2D eigenvalue weighted by molar-refractivity contribution is 5.84. The van der Waals surface area contributed by atoms with Crippen LogP contribution in [-0.2, 0) is 4.79 Å². The van der Waals surface area contributed by atoms with Crippen molar-refractivity contribution in [2.45, 2.75) is 51.8 Å². The number of hydrogen-bond donors (Lipinski definition) is 1. The van der Waals surface area contributed by atoms with Crippen molar-refractivity contribution < 1.29 is 36.6 Å². The molecule has 1 saturated carbocycles. The van der Waals surface area contributed by atoms with E-state index >= 15 is 0 Å². The summed E-state index contributed by atoms with van der Waals surface area (Å²) in [6.45, 7) is 6.01. The molecule has 1 N–H and O–H groups in total. The number of allylic oxidation sites excluding steroid dienone is 5. The lowest BCUT2D eigenvalue weighted by Gasteiger charge is -2.18. The number of benzene rings is 1. The first-order valence-corrected chi connectivity index (χ1v) is 8.93. The summed E-state index contributed by atoms with van der Waals surface area (Å²) < 4.78 is 74.0. The van der Waals surface area contributed by atoms with Crippen LogP contribution >= 0.6 is 0 Å². The molecule has 0 atom stereocenters. The van der Waals surface area contributed by atoms with Crippen molar-refractivity contribution in [3.8, 4) is 5.75 Å². The Morgan fingerprint density at radius 1 is 1.24 bits per heavy atom. The largest absolute Gasteiger partial charge is 0.490 e. The summed E-state index contributed by atoms with van der Waals surface area (Å²) in [5.41, 5.74) is -1.18. The van der Waals surface area contributed by atoms with Crippen molar-refractivity contribution >= 4 is 11.5 Å². The molecule has 0 unspecified atom stereocenters.